The summed E-state index contributed by atoms with van der Waals surface area (Å²) >= 11 is -2.59. The van der Waals surface area contributed by atoms with Crippen LogP contribution in [-0.4, -0.2) is 57.3 Å². The Morgan fingerprint density at radius 3 is 1.91 bits per heavy atom. The molecule has 22 heteroatoms. The molecule has 4 aromatic carbocycles. The van der Waals surface area contributed by atoms with Crippen LogP contribution < -0.4 is 5.32 Å². The number of aromatic hydroxyl groups is 2. The first-order chi connectivity index (χ1) is 24.8. The zero-order valence-corrected chi connectivity index (χ0v) is 29.3. The van der Waals surface area contributed by atoms with Crippen LogP contribution >= 0.6 is 0 Å². The van der Waals surface area contributed by atoms with Crippen LogP contribution in [0.2, 0.25) is 0 Å². The first-order valence-corrected chi connectivity index (χ1v) is 18.2. The van der Waals surface area contributed by atoms with Crippen molar-refractivity contribution in [2.45, 2.75) is 16.7 Å². The molecule has 19 nitrogen and oxygen atoms in total. The summed E-state index contributed by atoms with van der Waals surface area (Å²) in [7, 11) is -8.88. The van der Waals surface area contributed by atoms with Crippen LogP contribution in [-0.2, 0) is 35.8 Å². The van der Waals surface area contributed by atoms with Crippen LogP contribution in [0.1, 0.15) is 22.8 Å². The van der Waals surface area contributed by atoms with E-state index < -0.39 is 81.9 Å². The first-order valence-electron chi connectivity index (χ1n) is 14.2. The number of carboxylic acid groups (broad SMARTS) is 1. The maximum Gasteiger partial charge on any atom is 0.338 e. The number of carbonyl (C=O) groups is 2. The Bertz CT molecular complexity index is 2500. The lowest BCUT2D eigenvalue weighted by molar-refractivity contribution is -0.114. The Labute approximate surface area is 302 Å². The van der Waals surface area contributed by atoms with Gasteiger partial charge in [0.05, 0.1) is 27.5 Å². The highest BCUT2D eigenvalue weighted by Gasteiger charge is 2.24. The molecule has 0 heterocycles. The molecule has 0 saturated carbocycles. The van der Waals surface area contributed by atoms with E-state index in [0.29, 0.717) is 6.07 Å². The monoisotopic (exact) mass is 782 g/mol. The minimum absolute atomic E-state index is 0.0726. The largest absolute Gasteiger partial charge is 0.768 e. The van der Waals surface area contributed by atoms with Crippen molar-refractivity contribution in [3.8, 4) is 11.5 Å². The molecule has 0 radical (unpaired) electrons. The molecule has 0 fully saturated rings. The molecule has 0 spiro atoms. The van der Waals surface area contributed by atoms with Gasteiger partial charge in [0, 0.05) is 17.2 Å². The number of benzene rings is 4. The normalized spacial score (nSPS) is 12.7. The fraction of sp³-hybridized carbons (Fsp3) is 0.0323. The van der Waals surface area contributed by atoms with Crippen molar-refractivity contribution in [3.05, 3.63) is 96.4 Å². The number of rotatable bonds is 13. The Hall–Kier alpha value is -6.33. The van der Waals surface area contributed by atoms with E-state index in [1.807, 2.05) is 0 Å². The lowest BCUT2D eigenvalue weighted by atomic mass is 10.1. The van der Waals surface area contributed by atoms with Gasteiger partial charge in [0.1, 0.15) is 27.7 Å². The molecule has 4 rings (SSSR count). The van der Waals surface area contributed by atoms with Gasteiger partial charge < -0.3 is 25.2 Å². The van der Waals surface area contributed by atoms with Gasteiger partial charge in [-0.05, 0) is 71.2 Å². The highest BCUT2D eigenvalue weighted by atomic mass is 32.2. The van der Waals surface area contributed by atoms with Gasteiger partial charge in [-0.3, -0.25) is 13.6 Å². The predicted molar refractivity (Wildman–Crippen MR) is 188 cm³/mol. The Balaban J connectivity index is 1.79. The summed E-state index contributed by atoms with van der Waals surface area (Å²) in [4.78, 5) is 22.7. The quantitative estimate of drug-likeness (QED) is 0.0519. The number of aromatic carboxylic acids is 1. The van der Waals surface area contributed by atoms with E-state index in [2.05, 4.69) is 49.2 Å². The summed E-state index contributed by atoms with van der Waals surface area (Å²) in [5.41, 5.74) is -3.09. The van der Waals surface area contributed by atoms with Crippen LogP contribution in [0.4, 0.5) is 39.8 Å². The van der Waals surface area contributed by atoms with Gasteiger partial charge in [0.25, 0.3) is 10.1 Å². The molecular formula is C31H24N7O12S3-. The van der Waals surface area contributed by atoms with E-state index in [1.165, 1.54) is 48.5 Å². The van der Waals surface area contributed by atoms with Crippen molar-refractivity contribution in [3.63, 3.8) is 0 Å². The second-order valence-electron chi connectivity index (χ2n) is 10.3. The minimum Gasteiger partial charge on any atom is -0.768 e. The van der Waals surface area contributed by atoms with Crippen LogP contribution in [0.25, 0.3) is 4.91 Å². The number of hydrogen-bond acceptors (Lipinski definition) is 16. The van der Waals surface area contributed by atoms with Crippen molar-refractivity contribution in [2.24, 2.45) is 30.7 Å². The Kier molecular flexibility index (Phi) is 11.8. The van der Waals surface area contributed by atoms with Crippen molar-refractivity contribution in [1.82, 2.24) is 0 Å². The lowest BCUT2D eigenvalue weighted by Gasteiger charge is -2.11. The number of nitrogens with zero attached hydrogens (tertiary/aromatic N) is 6. The van der Waals surface area contributed by atoms with Gasteiger partial charge >= 0.3 is 5.97 Å². The van der Waals surface area contributed by atoms with E-state index in [1.54, 1.807) is 0 Å². The van der Waals surface area contributed by atoms with E-state index in [9.17, 15) is 55.1 Å². The molecule has 0 aromatic heterocycles. The molecule has 274 valence electrons. The van der Waals surface area contributed by atoms with Gasteiger partial charge in [0.2, 0.25) is 5.91 Å². The summed E-state index contributed by atoms with van der Waals surface area (Å²) in [6.07, 6.45) is 0. The molecule has 53 heavy (non-hydrogen) atoms. The highest BCUT2D eigenvalue weighted by Crippen LogP contribution is 2.47. The summed E-state index contributed by atoms with van der Waals surface area (Å²) in [5.74, 6) is -4.36. The zero-order valence-electron chi connectivity index (χ0n) is 26.8. The molecule has 0 bridgehead atoms. The minimum atomic E-state index is -5.13. The fourth-order valence-electron chi connectivity index (χ4n) is 4.14. The summed E-state index contributed by atoms with van der Waals surface area (Å²) in [6.45, 7) is 7.76. The molecule has 1 atom stereocenters. The van der Waals surface area contributed by atoms with Crippen LogP contribution in [0.5, 0.6) is 11.5 Å². The summed E-state index contributed by atoms with van der Waals surface area (Å²) in [6, 6.07) is 12.6. The van der Waals surface area contributed by atoms with Crippen molar-refractivity contribution in [1.29, 1.82) is 0 Å². The highest BCUT2D eigenvalue weighted by molar-refractivity contribution is 7.94. The maximum absolute atomic E-state index is 12.4. The average Bonchev–Trinajstić information content (AvgIpc) is 3.09. The van der Waals surface area contributed by atoms with E-state index in [-0.39, 0.29) is 38.1 Å². The molecule has 0 aliphatic rings. The van der Waals surface area contributed by atoms with Crippen LogP contribution in [0, 0.1) is 0 Å². The number of amides is 1. The van der Waals surface area contributed by atoms with E-state index in [0.717, 1.165) is 24.5 Å². The molecule has 5 N–H and O–H groups in total. The van der Waals surface area contributed by atoms with Crippen molar-refractivity contribution in [2.75, 3.05) is 5.32 Å². The number of sulfone groups is 1. The van der Waals surface area contributed by atoms with E-state index in [4.69, 9.17) is 0 Å². The first kappa shape index (κ1) is 39.5. The summed E-state index contributed by atoms with van der Waals surface area (Å²) in [5, 5.41) is 57.0. The topological polar surface area (TPSA) is 310 Å². The van der Waals surface area contributed by atoms with Crippen molar-refractivity contribution < 1.29 is 55.1 Å². The number of azo groups is 3. The molecule has 1 unspecified atom stereocenters. The van der Waals surface area contributed by atoms with Gasteiger partial charge in [-0.1, -0.05) is 25.3 Å². The van der Waals surface area contributed by atoms with E-state index >= 15 is 0 Å². The molecule has 4 aromatic rings. The predicted octanol–water partition coefficient (Wildman–Crippen LogP) is 7.01. The number of carbonyl (C=O) groups excluding carboxylic acids is 1. The summed E-state index contributed by atoms with van der Waals surface area (Å²) < 4.78 is 81.1. The van der Waals surface area contributed by atoms with Gasteiger partial charge in [-0.2, -0.15) is 18.6 Å². The molecule has 0 aliphatic carbocycles. The second kappa shape index (κ2) is 15.9. The van der Waals surface area contributed by atoms with Gasteiger partial charge in [-0.15, -0.1) is 20.5 Å². The molecule has 0 aliphatic heterocycles. The lowest BCUT2D eigenvalue weighted by Crippen LogP contribution is -2.07. The second-order valence-corrected chi connectivity index (χ2v) is 14.5. The Morgan fingerprint density at radius 2 is 1.38 bits per heavy atom. The third kappa shape index (κ3) is 9.52. The fourth-order valence-corrected chi connectivity index (χ4v) is 5.81. The molecule has 1 amide bonds. The number of hydrogen-bond donors (Lipinski definition) is 5. The molecular weight excluding hydrogens is 759 g/mol. The van der Waals surface area contributed by atoms with Crippen molar-refractivity contribution >= 4 is 87.6 Å². The average molecular weight is 783 g/mol. The number of nitrogens with one attached hydrogen (secondary N) is 1. The molecule has 0 saturated heterocycles. The maximum atomic E-state index is 12.4. The number of phenols is 2. The number of carboxylic acids is 1. The third-order valence-corrected chi connectivity index (χ3v) is 9.58. The zero-order chi connectivity index (χ0) is 39.2. The SMILES string of the molecule is C=CS(=O)(=O)c1ccc(N=Nc2cc(S(=O)(=O)O)c(N=Nc3c(O)cc(C(=O)O)c(N=Nc4ccc(C(=C)S(=O)[O-])cc4)c3O)cc2NC(C)=O)cc1. The number of anilines is 1. The number of phenolic OH excluding ortho intramolecular Hbond substituents is 2. The van der Waals surface area contributed by atoms with Crippen LogP contribution in [0.3, 0.4) is 0 Å². The standard InChI is InChI=1S/C31H25N7O12S3/c1-4-52(46,47)21-11-9-20(10-12-21)33-35-24-15-27(53(48,49)50)25(14-23(24)32-17(3)39)36-38-29-26(40)13-22(31(42)43)28(30(29)41)37-34-19-7-5-18(6-8-19)16(2)51(44)45/h4-15,40-41H,1-2H2,3H3,(H,32,39)(H,42,43)(H,44,45)(H,48,49,50)/p-1. The van der Waals surface area contributed by atoms with Gasteiger partial charge in [0.15, 0.2) is 21.3 Å². The van der Waals surface area contributed by atoms with Crippen LogP contribution in [0.15, 0.2) is 126 Å². The van der Waals surface area contributed by atoms with Gasteiger partial charge in [-0.25, -0.2) is 13.2 Å². The third-order valence-electron chi connectivity index (χ3n) is 6.70. The Morgan fingerprint density at radius 1 is 0.830 bits per heavy atom. The smallest absolute Gasteiger partial charge is 0.338 e.